The third-order valence-corrected chi connectivity index (χ3v) is 2.46. The lowest BCUT2D eigenvalue weighted by atomic mass is 10.1. The van der Waals surface area contributed by atoms with E-state index in [9.17, 15) is 9.50 Å². The Bertz CT molecular complexity index is 302. The van der Waals surface area contributed by atoms with Crippen molar-refractivity contribution in [3.8, 4) is 0 Å². The van der Waals surface area contributed by atoms with E-state index >= 15 is 0 Å². The van der Waals surface area contributed by atoms with E-state index < -0.39 is 18.0 Å². The molecule has 0 aliphatic carbocycles. The van der Waals surface area contributed by atoms with E-state index in [2.05, 4.69) is 15.9 Å². The van der Waals surface area contributed by atoms with Gasteiger partial charge in [-0.2, -0.15) is 0 Å². The van der Waals surface area contributed by atoms with Gasteiger partial charge in [0.1, 0.15) is 11.9 Å². The molecular formula is C9H10BrFO2. The number of aliphatic hydroxyl groups is 2. The Morgan fingerprint density at radius 3 is 2.54 bits per heavy atom. The van der Waals surface area contributed by atoms with Crippen LogP contribution in [0.25, 0.3) is 0 Å². The minimum absolute atomic E-state index is 0.356. The molecule has 1 unspecified atom stereocenters. The van der Waals surface area contributed by atoms with Gasteiger partial charge in [0, 0.05) is 10.0 Å². The predicted octanol–water partition coefficient (Wildman–Crippen LogP) is 2.00. The van der Waals surface area contributed by atoms with Crippen LogP contribution >= 0.6 is 15.9 Å². The summed E-state index contributed by atoms with van der Waals surface area (Å²) in [6.45, 7) is 1.45. The summed E-state index contributed by atoms with van der Waals surface area (Å²) < 4.78 is 13.3. The topological polar surface area (TPSA) is 40.5 Å². The number of aliphatic hydroxyl groups excluding tert-OH is 2. The predicted molar refractivity (Wildman–Crippen MR) is 50.7 cm³/mol. The van der Waals surface area contributed by atoms with Crippen LogP contribution in [0.5, 0.6) is 0 Å². The van der Waals surface area contributed by atoms with Crippen molar-refractivity contribution in [1.29, 1.82) is 0 Å². The Labute approximate surface area is 84.1 Å². The zero-order valence-electron chi connectivity index (χ0n) is 7.04. The molecule has 2 atom stereocenters. The van der Waals surface area contributed by atoms with Gasteiger partial charge in [0.05, 0.1) is 6.10 Å². The van der Waals surface area contributed by atoms with Gasteiger partial charge in [-0.05, 0) is 25.1 Å². The van der Waals surface area contributed by atoms with E-state index in [4.69, 9.17) is 5.11 Å². The van der Waals surface area contributed by atoms with E-state index in [-0.39, 0.29) is 0 Å². The number of halogens is 2. The molecule has 72 valence electrons. The number of benzene rings is 1. The molecule has 0 aliphatic heterocycles. The highest BCUT2D eigenvalue weighted by molar-refractivity contribution is 9.10. The maximum absolute atomic E-state index is 12.8. The Balaban J connectivity index is 3.05. The van der Waals surface area contributed by atoms with Crippen LogP contribution in [0, 0.1) is 5.82 Å². The first-order valence-corrected chi connectivity index (χ1v) is 4.62. The first-order chi connectivity index (χ1) is 6.02. The van der Waals surface area contributed by atoms with Crippen molar-refractivity contribution in [3.05, 3.63) is 34.1 Å². The summed E-state index contributed by atoms with van der Waals surface area (Å²) in [5.74, 6) is -0.433. The third-order valence-electron chi connectivity index (χ3n) is 1.73. The smallest absolute Gasteiger partial charge is 0.123 e. The van der Waals surface area contributed by atoms with Crippen LogP contribution in [0.1, 0.15) is 18.6 Å². The normalized spacial score (nSPS) is 15.5. The Morgan fingerprint density at radius 1 is 1.38 bits per heavy atom. The van der Waals surface area contributed by atoms with E-state index in [1.807, 2.05) is 0 Å². The number of hydrogen-bond acceptors (Lipinski definition) is 2. The highest BCUT2D eigenvalue weighted by Gasteiger charge is 2.16. The van der Waals surface area contributed by atoms with Gasteiger partial charge in [0.15, 0.2) is 0 Å². The van der Waals surface area contributed by atoms with Gasteiger partial charge in [0.25, 0.3) is 0 Å². The zero-order chi connectivity index (χ0) is 10.0. The van der Waals surface area contributed by atoms with E-state index in [1.165, 1.54) is 25.1 Å². The van der Waals surface area contributed by atoms with Gasteiger partial charge in [0.2, 0.25) is 0 Å². The maximum atomic E-state index is 12.8. The second-order valence-corrected chi connectivity index (χ2v) is 3.71. The highest BCUT2D eigenvalue weighted by atomic mass is 79.9. The fourth-order valence-electron chi connectivity index (χ4n) is 1.00. The maximum Gasteiger partial charge on any atom is 0.123 e. The van der Waals surface area contributed by atoms with Crippen LogP contribution in [0.15, 0.2) is 22.7 Å². The van der Waals surface area contributed by atoms with Crippen LogP contribution in [-0.4, -0.2) is 16.3 Å². The van der Waals surface area contributed by atoms with Gasteiger partial charge < -0.3 is 10.2 Å². The lowest BCUT2D eigenvalue weighted by Gasteiger charge is -2.15. The van der Waals surface area contributed by atoms with Crippen molar-refractivity contribution in [1.82, 2.24) is 0 Å². The average molecular weight is 249 g/mol. The lowest BCUT2D eigenvalue weighted by molar-refractivity contribution is 0.0299. The van der Waals surface area contributed by atoms with Crippen molar-refractivity contribution in [2.24, 2.45) is 0 Å². The van der Waals surface area contributed by atoms with Gasteiger partial charge in [-0.3, -0.25) is 0 Å². The van der Waals surface area contributed by atoms with Crippen LogP contribution in [0.3, 0.4) is 0 Å². The van der Waals surface area contributed by atoms with Crippen molar-refractivity contribution >= 4 is 15.9 Å². The molecule has 1 aromatic carbocycles. The minimum Gasteiger partial charge on any atom is -0.390 e. The molecule has 0 aromatic heterocycles. The molecule has 4 heteroatoms. The van der Waals surface area contributed by atoms with Gasteiger partial charge in [-0.25, -0.2) is 4.39 Å². The summed E-state index contributed by atoms with van der Waals surface area (Å²) in [4.78, 5) is 0. The zero-order valence-corrected chi connectivity index (χ0v) is 8.62. The Kier molecular flexibility index (Phi) is 3.41. The molecule has 0 heterocycles. The molecule has 13 heavy (non-hydrogen) atoms. The summed E-state index contributed by atoms with van der Waals surface area (Å²) in [6, 6.07) is 3.97. The highest BCUT2D eigenvalue weighted by Crippen LogP contribution is 2.26. The molecule has 0 saturated heterocycles. The van der Waals surface area contributed by atoms with E-state index in [1.54, 1.807) is 0 Å². The summed E-state index contributed by atoms with van der Waals surface area (Å²) in [7, 11) is 0. The average Bonchev–Trinajstić information content (AvgIpc) is 2.08. The Hall–Kier alpha value is -0.450. The SMILES string of the molecule is CC(O)[C@H](O)c1cc(F)ccc1Br. The van der Waals surface area contributed by atoms with Crippen LogP contribution in [0.2, 0.25) is 0 Å². The molecule has 0 spiro atoms. The molecular weight excluding hydrogens is 239 g/mol. The quantitative estimate of drug-likeness (QED) is 0.841. The minimum atomic E-state index is -1.06. The van der Waals surface area contributed by atoms with Crippen molar-refractivity contribution in [2.75, 3.05) is 0 Å². The Morgan fingerprint density at radius 2 is 2.00 bits per heavy atom. The van der Waals surface area contributed by atoms with Gasteiger partial charge in [-0.15, -0.1) is 0 Å². The standard InChI is InChI=1S/C9H10BrFO2/c1-5(12)9(13)7-4-6(11)2-3-8(7)10/h2-5,9,12-13H,1H3/t5?,9-/m0/s1. The first-order valence-electron chi connectivity index (χ1n) is 3.83. The molecule has 0 saturated carbocycles. The summed E-state index contributed by atoms with van der Waals surface area (Å²) in [5, 5.41) is 18.6. The molecule has 0 aliphatic rings. The molecule has 0 fully saturated rings. The fourth-order valence-corrected chi connectivity index (χ4v) is 1.48. The molecule has 0 bridgehead atoms. The molecule has 2 nitrogen and oxygen atoms in total. The lowest BCUT2D eigenvalue weighted by Crippen LogP contribution is -2.14. The van der Waals surface area contributed by atoms with E-state index in [0.29, 0.717) is 10.0 Å². The molecule has 1 aromatic rings. The number of rotatable bonds is 2. The largest absolute Gasteiger partial charge is 0.390 e. The van der Waals surface area contributed by atoms with Gasteiger partial charge in [-0.1, -0.05) is 15.9 Å². The molecule has 0 amide bonds. The molecule has 0 radical (unpaired) electrons. The second-order valence-electron chi connectivity index (χ2n) is 2.85. The van der Waals surface area contributed by atoms with Crippen LogP contribution in [0.4, 0.5) is 4.39 Å². The van der Waals surface area contributed by atoms with Crippen molar-refractivity contribution < 1.29 is 14.6 Å². The fraction of sp³-hybridized carbons (Fsp3) is 0.333. The van der Waals surface area contributed by atoms with Crippen LogP contribution in [-0.2, 0) is 0 Å². The molecule has 1 rings (SSSR count). The molecule has 2 N–H and O–H groups in total. The van der Waals surface area contributed by atoms with Crippen molar-refractivity contribution in [3.63, 3.8) is 0 Å². The second kappa shape index (κ2) is 4.17. The monoisotopic (exact) mass is 248 g/mol. The summed E-state index contributed by atoms with van der Waals surface area (Å²) in [5.41, 5.74) is 0.356. The third kappa shape index (κ3) is 2.49. The van der Waals surface area contributed by atoms with E-state index in [0.717, 1.165) is 0 Å². The first kappa shape index (κ1) is 10.6. The number of hydrogen-bond donors (Lipinski definition) is 2. The van der Waals surface area contributed by atoms with Crippen molar-refractivity contribution in [2.45, 2.75) is 19.1 Å². The summed E-state index contributed by atoms with van der Waals surface area (Å²) >= 11 is 3.16. The van der Waals surface area contributed by atoms with Crippen LogP contribution < -0.4 is 0 Å². The van der Waals surface area contributed by atoms with Gasteiger partial charge >= 0.3 is 0 Å². The summed E-state index contributed by atoms with van der Waals surface area (Å²) in [6.07, 6.45) is -1.98.